The maximum atomic E-state index is 12.8. The van der Waals surface area contributed by atoms with Gasteiger partial charge in [0.1, 0.15) is 16.2 Å². The molecule has 4 nitrogen and oxygen atoms in total. The molecule has 2 aliphatic heterocycles. The van der Waals surface area contributed by atoms with Crippen molar-refractivity contribution in [3.05, 3.63) is 59.7 Å². The van der Waals surface area contributed by atoms with Crippen molar-refractivity contribution in [1.82, 2.24) is 0 Å². The van der Waals surface area contributed by atoms with E-state index >= 15 is 0 Å². The second kappa shape index (κ2) is 3.48. The first-order valence-electron chi connectivity index (χ1n) is 6.81. The van der Waals surface area contributed by atoms with Gasteiger partial charge in [-0.25, -0.2) is 4.21 Å². The normalized spacial score (nSPS) is 33.0. The number of rotatable bonds is 2. The van der Waals surface area contributed by atoms with Gasteiger partial charge in [-0.15, -0.1) is 0 Å². The number of phenols is 2. The van der Waals surface area contributed by atoms with E-state index in [1.54, 1.807) is 36.4 Å². The first-order valence-corrected chi connectivity index (χ1v) is 9.07. The minimum Gasteiger partial charge on any atom is -0.508 e. The van der Waals surface area contributed by atoms with E-state index in [1.807, 2.05) is 12.1 Å². The highest BCUT2D eigenvalue weighted by atomic mass is 32.3. The molecule has 0 aliphatic carbocycles. The molecule has 3 N–H and O–H groups in total. The molecule has 2 saturated heterocycles. The van der Waals surface area contributed by atoms with Crippen molar-refractivity contribution in [2.24, 2.45) is 0 Å². The maximum Gasteiger partial charge on any atom is 0.115 e. The molecule has 0 radical (unpaired) electrons. The molecular formula is C16H16O4S. The monoisotopic (exact) mass is 304 g/mol. The van der Waals surface area contributed by atoms with Crippen LogP contribution in [-0.4, -0.2) is 30.5 Å². The van der Waals surface area contributed by atoms with Crippen LogP contribution in [0, 0.1) is 0 Å². The molecule has 0 bridgehead atoms. The first kappa shape index (κ1) is 12.9. The molecule has 21 heavy (non-hydrogen) atoms. The van der Waals surface area contributed by atoms with E-state index in [9.17, 15) is 19.0 Å². The van der Waals surface area contributed by atoms with Crippen molar-refractivity contribution in [1.29, 1.82) is 0 Å². The van der Waals surface area contributed by atoms with Crippen LogP contribution in [0.2, 0.25) is 0 Å². The predicted molar refractivity (Wildman–Crippen MR) is 81.1 cm³/mol. The van der Waals surface area contributed by atoms with Crippen LogP contribution in [0.15, 0.2) is 48.5 Å². The Kier molecular flexibility index (Phi) is 2.13. The summed E-state index contributed by atoms with van der Waals surface area (Å²) in [5, 5.41) is 18.8. The number of hydrogen-bond donors (Lipinski definition) is 3. The fourth-order valence-corrected chi connectivity index (χ4v) is 8.36. The average molecular weight is 304 g/mol. The van der Waals surface area contributed by atoms with Gasteiger partial charge in [0.15, 0.2) is 0 Å². The zero-order valence-electron chi connectivity index (χ0n) is 11.3. The molecule has 4 rings (SSSR count). The molecule has 2 atom stereocenters. The van der Waals surface area contributed by atoms with Crippen LogP contribution in [0.5, 0.6) is 11.5 Å². The molecule has 0 aromatic heterocycles. The van der Waals surface area contributed by atoms with Gasteiger partial charge >= 0.3 is 0 Å². The summed E-state index contributed by atoms with van der Waals surface area (Å²) in [5.41, 5.74) is 1.78. The summed E-state index contributed by atoms with van der Waals surface area (Å²) in [6.45, 7) is 0. The number of hydrogen-bond acceptors (Lipinski definition) is 3. The van der Waals surface area contributed by atoms with Gasteiger partial charge < -0.3 is 14.8 Å². The number of phenolic OH excluding ortho intramolecular Hbond substituents is 2. The summed E-state index contributed by atoms with van der Waals surface area (Å²) in [4.78, 5) is 0. The van der Waals surface area contributed by atoms with Gasteiger partial charge in [-0.1, -0.05) is 24.3 Å². The Morgan fingerprint density at radius 3 is 1.95 bits per heavy atom. The SMILES string of the molecule is O=S12(O)CC(c3ccc(O)cc3)[C@]1(c1ccc(O)cc1)C2. The lowest BCUT2D eigenvalue weighted by molar-refractivity contribution is 0.456. The Hall–Kier alpha value is -1.85. The van der Waals surface area contributed by atoms with E-state index in [0.29, 0.717) is 5.75 Å². The summed E-state index contributed by atoms with van der Waals surface area (Å²) in [6.07, 6.45) is 0. The highest BCUT2D eigenvalue weighted by molar-refractivity contribution is 8.23. The number of aromatic hydroxyl groups is 2. The zero-order chi connectivity index (χ0) is 14.9. The lowest BCUT2D eigenvalue weighted by Gasteiger charge is -2.48. The van der Waals surface area contributed by atoms with E-state index in [-0.39, 0.29) is 23.2 Å². The van der Waals surface area contributed by atoms with E-state index in [0.717, 1.165) is 11.1 Å². The molecule has 2 heterocycles. The largest absolute Gasteiger partial charge is 0.508 e. The minimum absolute atomic E-state index is 0.0212. The highest BCUT2D eigenvalue weighted by Gasteiger charge is 2.82. The summed E-state index contributed by atoms with van der Waals surface area (Å²) in [5.74, 6) is 0.891. The first-order chi connectivity index (χ1) is 9.84. The van der Waals surface area contributed by atoms with Crippen molar-refractivity contribution >= 4 is 9.35 Å². The molecule has 5 heteroatoms. The molecule has 0 saturated carbocycles. The van der Waals surface area contributed by atoms with Crippen molar-refractivity contribution in [2.75, 3.05) is 11.5 Å². The molecule has 2 fully saturated rings. The molecular weight excluding hydrogens is 288 g/mol. The van der Waals surface area contributed by atoms with Crippen molar-refractivity contribution in [3.8, 4) is 11.5 Å². The van der Waals surface area contributed by atoms with Crippen LogP contribution in [0.3, 0.4) is 0 Å². The van der Waals surface area contributed by atoms with Crippen molar-refractivity contribution in [2.45, 2.75) is 10.7 Å². The number of benzene rings is 2. The second-order valence-corrected chi connectivity index (χ2v) is 9.95. The lowest BCUT2D eigenvalue weighted by Crippen LogP contribution is -2.48. The minimum atomic E-state index is -3.56. The third-order valence-electron chi connectivity index (χ3n) is 4.97. The summed E-state index contributed by atoms with van der Waals surface area (Å²) < 4.78 is 22.7. The fraction of sp³-hybridized carbons (Fsp3) is 0.250. The van der Waals surface area contributed by atoms with E-state index in [4.69, 9.17) is 0 Å². The van der Waals surface area contributed by atoms with Crippen LogP contribution in [0.25, 0.3) is 0 Å². The Bertz CT molecular complexity index is 788. The van der Waals surface area contributed by atoms with Crippen molar-refractivity contribution < 1.29 is 19.0 Å². The van der Waals surface area contributed by atoms with E-state index < -0.39 is 14.1 Å². The molecule has 2 aromatic carbocycles. The van der Waals surface area contributed by atoms with E-state index in [2.05, 4.69) is 0 Å². The average Bonchev–Trinajstić information content (AvgIpc) is 2.85. The standard InChI is InChI=1S/C16H16O4S/c17-13-5-1-11(2-6-13)15-9-21(19,20)10-16(15,21)12-3-7-14(18)8-4-12/h1-8,15,17-18H,9-10H2,(H,19,20)/t15?,16-/m1/s1. The number of fused-ring (bicyclic) bond motifs is 1. The van der Waals surface area contributed by atoms with Gasteiger partial charge in [0.25, 0.3) is 0 Å². The van der Waals surface area contributed by atoms with Crippen molar-refractivity contribution in [3.63, 3.8) is 0 Å². The molecule has 2 aromatic rings. The van der Waals surface area contributed by atoms with Gasteiger partial charge in [-0.05, 0) is 35.4 Å². The smallest absolute Gasteiger partial charge is 0.115 e. The van der Waals surface area contributed by atoms with Crippen LogP contribution in [-0.2, 0) is 14.1 Å². The quantitative estimate of drug-likeness (QED) is 0.745. The molecule has 2 aliphatic rings. The summed E-state index contributed by atoms with van der Waals surface area (Å²) in [7, 11) is -3.56. The summed E-state index contributed by atoms with van der Waals surface area (Å²) >= 11 is 0. The van der Waals surface area contributed by atoms with Gasteiger partial charge in [-0.2, -0.15) is 9.35 Å². The predicted octanol–water partition coefficient (Wildman–Crippen LogP) is 2.40. The van der Waals surface area contributed by atoms with Crippen LogP contribution in [0.1, 0.15) is 17.0 Å². The molecule has 0 amide bonds. The van der Waals surface area contributed by atoms with Gasteiger partial charge in [0, 0.05) is 11.7 Å². The fourth-order valence-electron chi connectivity index (χ4n) is 3.79. The van der Waals surface area contributed by atoms with Gasteiger partial charge in [0.05, 0.1) is 5.75 Å². The summed E-state index contributed by atoms with van der Waals surface area (Å²) in [6, 6.07) is 13.4. The highest BCUT2D eigenvalue weighted by Crippen LogP contribution is 2.78. The van der Waals surface area contributed by atoms with Crippen LogP contribution in [0.4, 0.5) is 0 Å². The zero-order valence-corrected chi connectivity index (χ0v) is 12.1. The molecule has 110 valence electrons. The molecule has 0 spiro atoms. The third-order valence-corrected chi connectivity index (χ3v) is 9.02. The van der Waals surface area contributed by atoms with Crippen LogP contribution >= 0.6 is 0 Å². The Morgan fingerprint density at radius 2 is 1.48 bits per heavy atom. The lowest BCUT2D eigenvalue weighted by atomic mass is 9.83. The Morgan fingerprint density at radius 1 is 0.952 bits per heavy atom. The van der Waals surface area contributed by atoms with Gasteiger partial charge in [-0.3, -0.25) is 0 Å². The van der Waals surface area contributed by atoms with E-state index in [1.165, 1.54) is 0 Å². The third kappa shape index (κ3) is 1.45. The Labute approximate surface area is 122 Å². The topological polar surface area (TPSA) is 77.8 Å². The second-order valence-electron chi connectivity index (χ2n) is 6.13. The Balaban J connectivity index is 1.80. The maximum absolute atomic E-state index is 12.8. The van der Waals surface area contributed by atoms with Gasteiger partial charge in [0.2, 0.25) is 0 Å². The van der Waals surface area contributed by atoms with Crippen LogP contribution < -0.4 is 0 Å². The molecule has 1 unspecified atom stereocenters.